The molecule has 3 nitrogen and oxygen atoms in total. The van der Waals surface area contributed by atoms with Gasteiger partial charge in [0.05, 0.1) is 6.61 Å². The first-order valence-corrected chi connectivity index (χ1v) is 6.83. The minimum absolute atomic E-state index is 0.208. The summed E-state index contributed by atoms with van der Waals surface area (Å²) in [5, 5.41) is 8.45. The topological polar surface area (TPSA) is 46.5 Å². The van der Waals surface area contributed by atoms with Gasteiger partial charge in [-0.25, -0.2) is 8.78 Å². The summed E-state index contributed by atoms with van der Waals surface area (Å²) in [4.78, 5) is 10.3. The largest absolute Gasteiger partial charge is 0.481 e. The molecule has 0 spiro atoms. The lowest BCUT2D eigenvalue weighted by Crippen LogP contribution is -2.03. The lowest BCUT2D eigenvalue weighted by molar-refractivity contribution is -0.137. The third-order valence-electron chi connectivity index (χ3n) is 2.98. The van der Waals surface area contributed by atoms with Crippen molar-refractivity contribution in [1.29, 1.82) is 0 Å². The second-order valence-corrected chi connectivity index (χ2v) is 4.63. The molecule has 0 amide bonds. The van der Waals surface area contributed by atoms with Crippen molar-refractivity contribution in [3.05, 3.63) is 35.4 Å². The van der Waals surface area contributed by atoms with E-state index in [4.69, 9.17) is 9.84 Å². The molecule has 0 atom stereocenters. The number of halogens is 2. The molecular weight excluding hydrogens is 266 g/mol. The van der Waals surface area contributed by atoms with Crippen molar-refractivity contribution < 1.29 is 23.4 Å². The van der Waals surface area contributed by atoms with Crippen LogP contribution in [0.3, 0.4) is 0 Å². The van der Waals surface area contributed by atoms with Crippen LogP contribution in [-0.4, -0.2) is 24.3 Å². The van der Waals surface area contributed by atoms with Gasteiger partial charge in [-0.3, -0.25) is 4.79 Å². The third kappa shape index (κ3) is 6.61. The maximum Gasteiger partial charge on any atom is 0.303 e. The van der Waals surface area contributed by atoms with E-state index >= 15 is 0 Å². The standard InChI is InChI=1S/C15H20F2O3/c16-13-7-5-6-12(15(13)17)9-11-20-10-4-2-1-3-8-14(18)19/h5-7H,1-4,8-11H2,(H,18,19). The predicted molar refractivity (Wildman–Crippen MR) is 71.6 cm³/mol. The van der Waals surface area contributed by atoms with E-state index in [1.54, 1.807) is 6.07 Å². The van der Waals surface area contributed by atoms with Crippen LogP contribution >= 0.6 is 0 Å². The fraction of sp³-hybridized carbons (Fsp3) is 0.533. The molecule has 0 saturated heterocycles. The third-order valence-corrected chi connectivity index (χ3v) is 2.98. The molecule has 0 aliphatic carbocycles. The SMILES string of the molecule is O=C(O)CCCCCCOCCc1cccc(F)c1F. The lowest BCUT2D eigenvalue weighted by Gasteiger charge is -2.06. The fourth-order valence-electron chi connectivity index (χ4n) is 1.86. The average Bonchev–Trinajstić information content (AvgIpc) is 2.41. The Morgan fingerprint density at radius 1 is 1.10 bits per heavy atom. The van der Waals surface area contributed by atoms with Gasteiger partial charge in [-0.2, -0.15) is 0 Å². The molecule has 1 aromatic carbocycles. The predicted octanol–water partition coefficient (Wildman–Crippen LogP) is 3.56. The van der Waals surface area contributed by atoms with Crippen LogP contribution in [0.4, 0.5) is 8.78 Å². The maximum absolute atomic E-state index is 13.3. The van der Waals surface area contributed by atoms with Gasteiger partial charge >= 0.3 is 5.97 Å². The minimum Gasteiger partial charge on any atom is -0.481 e. The van der Waals surface area contributed by atoms with Crippen LogP contribution in [0, 0.1) is 11.6 Å². The molecule has 0 radical (unpaired) electrons. The zero-order valence-corrected chi connectivity index (χ0v) is 11.4. The number of hydrogen-bond donors (Lipinski definition) is 1. The summed E-state index contributed by atoms with van der Waals surface area (Å²) in [5.74, 6) is -2.40. The Bertz CT molecular complexity index is 422. The molecule has 112 valence electrons. The highest BCUT2D eigenvalue weighted by Gasteiger charge is 2.06. The zero-order valence-electron chi connectivity index (χ0n) is 11.4. The molecule has 1 aromatic rings. The van der Waals surface area contributed by atoms with Crippen LogP contribution in [0.15, 0.2) is 18.2 Å². The lowest BCUT2D eigenvalue weighted by atomic mass is 10.1. The van der Waals surface area contributed by atoms with Crippen molar-refractivity contribution in [3.63, 3.8) is 0 Å². The van der Waals surface area contributed by atoms with E-state index in [0.29, 0.717) is 31.6 Å². The summed E-state index contributed by atoms with van der Waals surface area (Å²) in [6, 6.07) is 4.13. The molecule has 0 heterocycles. The number of benzene rings is 1. The summed E-state index contributed by atoms with van der Waals surface area (Å²) >= 11 is 0. The van der Waals surface area contributed by atoms with Gasteiger partial charge in [0.25, 0.3) is 0 Å². The fourth-order valence-corrected chi connectivity index (χ4v) is 1.86. The van der Waals surface area contributed by atoms with Crippen molar-refractivity contribution in [2.45, 2.75) is 38.5 Å². The molecule has 20 heavy (non-hydrogen) atoms. The highest BCUT2D eigenvalue weighted by atomic mass is 19.2. The van der Waals surface area contributed by atoms with Crippen LogP contribution in [-0.2, 0) is 16.0 Å². The molecule has 0 aliphatic rings. The van der Waals surface area contributed by atoms with Crippen molar-refractivity contribution in [2.75, 3.05) is 13.2 Å². The number of rotatable bonds is 10. The van der Waals surface area contributed by atoms with E-state index < -0.39 is 17.6 Å². The number of unbranched alkanes of at least 4 members (excludes halogenated alkanes) is 3. The van der Waals surface area contributed by atoms with Crippen LogP contribution < -0.4 is 0 Å². The Hall–Kier alpha value is -1.49. The first-order valence-electron chi connectivity index (χ1n) is 6.83. The van der Waals surface area contributed by atoms with Gasteiger partial charge in [-0.15, -0.1) is 0 Å². The second-order valence-electron chi connectivity index (χ2n) is 4.63. The summed E-state index contributed by atoms with van der Waals surface area (Å²) in [6.07, 6.45) is 3.88. The molecule has 5 heteroatoms. The van der Waals surface area contributed by atoms with Crippen LogP contribution in [0.5, 0.6) is 0 Å². The van der Waals surface area contributed by atoms with E-state index in [0.717, 1.165) is 25.3 Å². The summed E-state index contributed by atoms with van der Waals surface area (Å²) in [5.41, 5.74) is 0.325. The molecule has 0 saturated carbocycles. The van der Waals surface area contributed by atoms with Crippen molar-refractivity contribution in [2.24, 2.45) is 0 Å². The Labute approximate surface area is 117 Å². The van der Waals surface area contributed by atoms with E-state index in [-0.39, 0.29) is 6.42 Å². The number of carboxylic acids is 1. The van der Waals surface area contributed by atoms with Gasteiger partial charge in [0, 0.05) is 13.0 Å². The highest BCUT2D eigenvalue weighted by molar-refractivity contribution is 5.66. The highest BCUT2D eigenvalue weighted by Crippen LogP contribution is 2.12. The molecule has 0 fully saturated rings. The molecule has 0 aliphatic heterocycles. The van der Waals surface area contributed by atoms with Crippen molar-refractivity contribution >= 4 is 5.97 Å². The normalized spacial score (nSPS) is 10.7. The molecule has 0 aromatic heterocycles. The van der Waals surface area contributed by atoms with Gasteiger partial charge in [0.2, 0.25) is 0 Å². The van der Waals surface area contributed by atoms with Crippen LogP contribution in [0.25, 0.3) is 0 Å². The Balaban J connectivity index is 2.02. The smallest absolute Gasteiger partial charge is 0.303 e. The molecule has 1 rings (SSSR count). The van der Waals surface area contributed by atoms with Crippen LogP contribution in [0.1, 0.15) is 37.7 Å². The second kappa shape index (κ2) is 9.42. The Morgan fingerprint density at radius 3 is 2.60 bits per heavy atom. The number of carbonyl (C=O) groups is 1. The minimum atomic E-state index is -0.832. The van der Waals surface area contributed by atoms with Crippen molar-refractivity contribution in [3.8, 4) is 0 Å². The van der Waals surface area contributed by atoms with Crippen molar-refractivity contribution in [1.82, 2.24) is 0 Å². The molecule has 0 unspecified atom stereocenters. The summed E-state index contributed by atoms with van der Waals surface area (Å²) in [6.45, 7) is 0.916. The molecular formula is C15H20F2O3. The first-order chi connectivity index (χ1) is 9.61. The van der Waals surface area contributed by atoms with Crippen LogP contribution in [0.2, 0.25) is 0 Å². The monoisotopic (exact) mass is 286 g/mol. The van der Waals surface area contributed by atoms with Gasteiger partial charge in [0.1, 0.15) is 0 Å². The molecule has 0 bridgehead atoms. The van der Waals surface area contributed by atoms with E-state index in [1.807, 2.05) is 0 Å². The van der Waals surface area contributed by atoms with Gasteiger partial charge in [-0.1, -0.05) is 25.0 Å². The average molecular weight is 286 g/mol. The quantitative estimate of drug-likeness (QED) is 0.669. The van der Waals surface area contributed by atoms with Gasteiger partial charge < -0.3 is 9.84 Å². The zero-order chi connectivity index (χ0) is 14.8. The van der Waals surface area contributed by atoms with E-state index in [9.17, 15) is 13.6 Å². The van der Waals surface area contributed by atoms with E-state index in [2.05, 4.69) is 0 Å². The number of ether oxygens (including phenoxy) is 1. The first kappa shape index (κ1) is 16.6. The van der Waals surface area contributed by atoms with Gasteiger partial charge in [0.15, 0.2) is 11.6 Å². The number of hydrogen-bond acceptors (Lipinski definition) is 2. The summed E-state index contributed by atoms with van der Waals surface area (Å²) in [7, 11) is 0. The number of carboxylic acid groups (broad SMARTS) is 1. The van der Waals surface area contributed by atoms with E-state index in [1.165, 1.54) is 6.07 Å². The summed E-state index contributed by atoms with van der Waals surface area (Å²) < 4.78 is 31.6. The Morgan fingerprint density at radius 2 is 1.85 bits per heavy atom. The van der Waals surface area contributed by atoms with Gasteiger partial charge in [-0.05, 0) is 30.9 Å². The Kier molecular flexibility index (Phi) is 7.80. The molecule has 1 N–H and O–H groups in total. The maximum atomic E-state index is 13.3. The number of aliphatic carboxylic acids is 1.